The number of nitrogens with zero attached hydrogens (tertiary/aromatic N) is 3. The van der Waals surface area contributed by atoms with Crippen molar-refractivity contribution in [3.63, 3.8) is 0 Å². The fraction of sp³-hybridized carbons (Fsp3) is 0.167. The van der Waals surface area contributed by atoms with Gasteiger partial charge in [-0.05, 0) is 42.3 Å². The van der Waals surface area contributed by atoms with Crippen LogP contribution in [-0.4, -0.2) is 29.2 Å². The van der Waals surface area contributed by atoms with Crippen LogP contribution in [0.5, 0.6) is 11.5 Å². The number of hydrogen-bond acceptors (Lipinski definition) is 7. The number of anilines is 2. The van der Waals surface area contributed by atoms with E-state index < -0.39 is 0 Å². The summed E-state index contributed by atoms with van der Waals surface area (Å²) in [4.78, 5) is 13.2. The lowest BCUT2D eigenvalue weighted by molar-refractivity contribution is 0.356. The van der Waals surface area contributed by atoms with Gasteiger partial charge in [0, 0.05) is 11.5 Å². The van der Waals surface area contributed by atoms with Crippen LogP contribution in [0.2, 0.25) is 5.28 Å². The molecular formula is C18H15ClN4O2S. The largest absolute Gasteiger partial charge is 0.493 e. The van der Waals surface area contributed by atoms with Crippen molar-refractivity contribution in [1.82, 2.24) is 15.0 Å². The number of halogens is 1. The van der Waals surface area contributed by atoms with E-state index in [1.54, 1.807) is 31.6 Å². The fourth-order valence-corrected chi connectivity index (χ4v) is 3.85. The highest BCUT2D eigenvalue weighted by Gasteiger charge is 2.14. The van der Waals surface area contributed by atoms with Crippen LogP contribution in [0, 0.1) is 6.92 Å². The SMILES string of the molecule is COc1cc2nc(Cl)nc(Nc3nc4ccc(C)cc4s3)c2cc1OC. The first-order valence-electron chi connectivity index (χ1n) is 7.81. The molecule has 0 spiro atoms. The normalized spacial score (nSPS) is 11.1. The summed E-state index contributed by atoms with van der Waals surface area (Å²) in [5.74, 6) is 1.74. The Balaban J connectivity index is 1.83. The maximum Gasteiger partial charge on any atom is 0.224 e. The second-order valence-corrected chi connectivity index (χ2v) is 7.05. The van der Waals surface area contributed by atoms with Gasteiger partial charge in [0.15, 0.2) is 16.6 Å². The predicted octanol–water partition coefficient (Wildman–Crippen LogP) is 4.96. The van der Waals surface area contributed by atoms with Gasteiger partial charge >= 0.3 is 0 Å². The van der Waals surface area contributed by atoms with Crippen LogP contribution in [0.15, 0.2) is 30.3 Å². The summed E-state index contributed by atoms with van der Waals surface area (Å²) in [5.41, 5.74) is 2.79. The van der Waals surface area contributed by atoms with Crippen molar-refractivity contribution < 1.29 is 9.47 Å². The van der Waals surface area contributed by atoms with Crippen LogP contribution in [0.3, 0.4) is 0 Å². The molecule has 2 aromatic carbocycles. The molecule has 1 N–H and O–H groups in total. The van der Waals surface area contributed by atoms with Gasteiger partial charge in [-0.3, -0.25) is 0 Å². The number of aromatic nitrogens is 3. The minimum absolute atomic E-state index is 0.143. The van der Waals surface area contributed by atoms with Gasteiger partial charge < -0.3 is 14.8 Å². The molecule has 0 atom stereocenters. The van der Waals surface area contributed by atoms with E-state index in [1.807, 2.05) is 18.2 Å². The van der Waals surface area contributed by atoms with Gasteiger partial charge in [0.2, 0.25) is 5.28 Å². The van der Waals surface area contributed by atoms with Crippen LogP contribution >= 0.6 is 22.9 Å². The van der Waals surface area contributed by atoms with Crippen molar-refractivity contribution in [2.24, 2.45) is 0 Å². The zero-order valence-corrected chi connectivity index (χ0v) is 15.9. The van der Waals surface area contributed by atoms with Gasteiger partial charge in [0.25, 0.3) is 0 Å². The van der Waals surface area contributed by atoms with Gasteiger partial charge in [0.05, 0.1) is 30.0 Å². The third kappa shape index (κ3) is 3.00. The highest BCUT2D eigenvalue weighted by atomic mass is 35.5. The van der Waals surface area contributed by atoms with Gasteiger partial charge in [0.1, 0.15) is 5.82 Å². The number of thiazole rings is 1. The number of hydrogen-bond donors (Lipinski definition) is 1. The van der Waals surface area contributed by atoms with E-state index in [9.17, 15) is 0 Å². The Morgan fingerprint density at radius 1 is 0.962 bits per heavy atom. The molecule has 0 bridgehead atoms. The number of fused-ring (bicyclic) bond motifs is 2. The molecule has 0 aliphatic rings. The third-order valence-corrected chi connectivity index (χ3v) is 5.05. The molecule has 6 nitrogen and oxygen atoms in total. The van der Waals surface area contributed by atoms with Crippen molar-refractivity contribution in [1.29, 1.82) is 0 Å². The zero-order chi connectivity index (χ0) is 18.3. The molecule has 0 fully saturated rings. The van der Waals surface area contributed by atoms with E-state index in [0.29, 0.717) is 22.8 Å². The second-order valence-electron chi connectivity index (χ2n) is 5.68. The Bertz CT molecular complexity index is 1130. The molecular weight excluding hydrogens is 372 g/mol. The summed E-state index contributed by atoms with van der Waals surface area (Å²) in [6.07, 6.45) is 0. The van der Waals surface area contributed by atoms with Crippen molar-refractivity contribution in [2.75, 3.05) is 19.5 Å². The summed E-state index contributed by atoms with van der Waals surface area (Å²) in [6, 6.07) is 9.75. The van der Waals surface area contributed by atoms with Crippen LogP contribution in [-0.2, 0) is 0 Å². The Kier molecular flexibility index (Phi) is 4.26. The van der Waals surface area contributed by atoms with E-state index in [4.69, 9.17) is 21.1 Å². The summed E-state index contributed by atoms with van der Waals surface area (Å²) in [5, 5.41) is 4.90. The molecule has 4 rings (SSSR count). The minimum atomic E-state index is 0.143. The lowest BCUT2D eigenvalue weighted by Crippen LogP contribution is -1.98. The molecule has 2 aromatic heterocycles. The number of aryl methyl sites for hydroxylation is 1. The first-order chi connectivity index (χ1) is 12.6. The van der Waals surface area contributed by atoms with Crippen LogP contribution in [0.25, 0.3) is 21.1 Å². The van der Waals surface area contributed by atoms with Crippen molar-refractivity contribution in [3.05, 3.63) is 41.2 Å². The van der Waals surface area contributed by atoms with Crippen molar-refractivity contribution in [2.45, 2.75) is 6.92 Å². The summed E-state index contributed by atoms with van der Waals surface area (Å²) < 4.78 is 11.8. The Morgan fingerprint density at radius 3 is 2.50 bits per heavy atom. The first kappa shape index (κ1) is 16.8. The number of ether oxygens (including phenoxy) is 2. The number of nitrogens with one attached hydrogen (secondary N) is 1. The summed E-state index contributed by atoms with van der Waals surface area (Å²) in [6.45, 7) is 2.06. The Morgan fingerprint density at radius 2 is 1.73 bits per heavy atom. The third-order valence-electron chi connectivity index (χ3n) is 3.94. The van der Waals surface area contributed by atoms with Gasteiger partial charge in [-0.15, -0.1) is 0 Å². The molecule has 0 saturated carbocycles. The molecule has 8 heteroatoms. The topological polar surface area (TPSA) is 69.2 Å². The quantitative estimate of drug-likeness (QED) is 0.500. The summed E-state index contributed by atoms with van der Waals surface area (Å²) in [7, 11) is 3.16. The number of rotatable bonds is 4. The molecule has 0 amide bonds. The van der Waals surface area contributed by atoms with E-state index in [0.717, 1.165) is 20.7 Å². The first-order valence-corrected chi connectivity index (χ1v) is 9.00. The zero-order valence-electron chi connectivity index (χ0n) is 14.3. The minimum Gasteiger partial charge on any atom is -0.493 e. The molecule has 132 valence electrons. The molecule has 2 heterocycles. The predicted molar refractivity (Wildman–Crippen MR) is 105 cm³/mol. The molecule has 4 aromatic rings. The lowest BCUT2D eigenvalue weighted by Gasteiger charge is -2.11. The van der Waals surface area contributed by atoms with E-state index in [2.05, 4.69) is 33.3 Å². The maximum absolute atomic E-state index is 6.11. The molecule has 0 saturated heterocycles. The van der Waals surface area contributed by atoms with Gasteiger partial charge in [-0.1, -0.05) is 17.4 Å². The van der Waals surface area contributed by atoms with Crippen molar-refractivity contribution >= 4 is 55.0 Å². The van der Waals surface area contributed by atoms with Gasteiger partial charge in [-0.2, -0.15) is 4.98 Å². The standard InChI is InChI=1S/C18H15ClN4O2S/c1-9-4-5-11-15(6-9)26-18(21-11)23-16-10-7-13(24-2)14(25-3)8-12(10)20-17(19)22-16/h4-8H,1-3H3,(H,20,21,22,23). The van der Waals surface area contributed by atoms with E-state index >= 15 is 0 Å². The number of methoxy groups -OCH3 is 2. The van der Waals surface area contributed by atoms with Crippen molar-refractivity contribution in [3.8, 4) is 11.5 Å². The van der Waals surface area contributed by atoms with Crippen LogP contribution in [0.1, 0.15) is 5.56 Å². The van der Waals surface area contributed by atoms with E-state index in [1.165, 1.54) is 5.56 Å². The highest BCUT2D eigenvalue weighted by Crippen LogP contribution is 2.36. The summed E-state index contributed by atoms with van der Waals surface area (Å²) >= 11 is 7.66. The fourth-order valence-electron chi connectivity index (χ4n) is 2.71. The highest BCUT2D eigenvalue weighted by molar-refractivity contribution is 7.22. The number of benzene rings is 2. The molecule has 0 aliphatic carbocycles. The molecule has 0 radical (unpaired) electrons. The molecule has 26 heavy (non-hydrogen) atoms. The average molecular weight is 387 g/mol. The smallest absolute Gasteiger partial charge is 0.224 e. The second kappa shape index (κ2) is 6.59. The lowest BCUT2D eigenvalue weighted by atomic mass is 10.2. The van der Waals surface area contributed by atoms with E-state index in [-0.39, 0.29) is 5.28 Å². The van der Waals surface area contributed by atoms with Crippen LogP contribution < -0.4 is 14.8 Å². The van der Waals surface area contributed by atoms with Crippen LogP contribution in [0.4, 0.5) is 10.9 Å². The Hall–Kier alpha value is -2.64. The maximum atomic E-state index is 6.11. The molecule has 0 unspecified atom stereocenters. The Labute approximate surface area is 158 Å². The monoisotopic (exact) mass is 386 g/mol. The molecule has 0 aliphatic heterocycles. The average Bonchev–Trinajstić information content (AvgIpc) is 3.01. The van der Waals surface area contributed by atoms with Gasteiger partial charge in [-0.25, -0.2) is 9.97 Å².